The lowest BCUT2D eigenvalue weighted by atomic mass is 10.1. The summed E-state index contributed by atoms with van der Waals surface area (Å²) in [6.45, 7) is 4.22. The summed E-state index contributed by atoms with van der Waals surface area (Å²) < 4.78 is 1.73. The first-order valence-electron chi connectivity index (χ1n) is 4.20. The highest BCUT2D eigenvalue weighted by atomic mass is 32.1. The first kappa shape index (κ1) is 8.43. The van der Waals surface area contributed by atoms with E-state index in [1.54, 1.807) is 4.52 Å². The summed E-state index contributed by atoms with van der Waals surface area (Å²) in [4.78, 5) is 0.771. The van der Waals surface area contributed by atoms with Crippen LogP contribution in [0.25, 0.3) is 4.96 Å². The van der Waals surface area contributed by atoms with Crippen LogP contribution in [-0.2, 0) is 0 Å². The van der Waals surface area contributed by atoms with Gasteiger partial charge in [0.25, 0.3) is 0 Å². The second kappa shape index (κ2) is 2.95. The second-order valence-electron chi connectivity index (χ2n) is 3.00. The van der Waals surface area contributed by atoms with Crippen molar-refractivity contribution in [3.8, 4) is 0 Å². The largest absolute Gasteiger partial charge is 0.374 e. The van der Waals surface area contributed by atoms with Crippen molar-refractivity contribution in [2.75, 3.05) is 5.73 Å². The van der Waals surface area contributed by atoms with E-state index in [4.69, 9.17) is 5.73 Å². The number of rotatable bonds is 2. The normalized spacial score (nSPS) is 13.7. The molecule has 70 valence electrons. The Morgan fingerprint density at radius 2 is 2.31 bits per heavy atom. The summed E-state index contributed by atoms with van der Waals surface area (Å²) in [6.07, 6.45) is 1.03. The Hall–Kier alpha value is -1.17. The van der Waals surface area contributed by atoms with Crippen molar-refractivity contribution in [1.29, 1.82) is 0 Å². The van der Waals surface area contributed by atoms with Gasteiger partial charge in [0.05, 0.1) is 0 Å². The third kappa shape index (κ3) is 1.27. The molecule has 5 nitrogen and oxygen atoms in total. The number of hydrogen-bond donors (Lipinski definition) is 1. The molecule has 2 heterocycles. The molecule has 0 aromatic carbocycles. The molecule has 2 rings (SSSR count). The molecule has 0 aliphatic rings. The zero-order chi connectivity index (χ0) is 9.42. The van der Waals surface area contributed by atoms with Crippen LogP contribution in [0.1, 0.15) is 32.0 Å². The van der Waals surface area contributed by atoms with E-state index in [2.05, 4.69) is 29.1 Å². The van der Waals surface area contributed by atoms with E-state index >= 15 is 0 Å². The van der Waals surface area contributed by atoms with E-state index in [1.807, 2.05) is 0 Å². The molecule has 0 fully saturated rings. The van der Waals surface area contributed by atoms with Crippen LogP contribution in [0.5, 0.6) is 0 Å². The first-order chi connectivity index (χ1) is 6.22. The number of nitrogen functional groups attached to an aromatic ring is 1. The molecule has 1 unspecified atom stereocenters. The predicted molar refractivity (Wildman–Crippen MR) is 51.8 cm³/mol. The number of aromatic nitrogens is 4. The lowest BCUT2D eigenvalue weighted by Crippen LogP contribution is -2.00. The molecule has 0 saturated heterocycles. The topological polar surface area (TPSA) is 69.1 Å². The fraction of sp³-hybridized carbons (Fsp3) is 0.571. The van der Waals surface area contributed by atoms with Crippen LogP contribution in [0.2, 0.25) is 0 Å². The van der Waals surface area contributed by atoms with Gasteiger partial charge in [-0.25, -0.2) is 0 Å². The Kier molecular flexibility index (Phi) is 1.91. The lowest BCUT2D eigenvalue weighted by molar-refractivity contribution is 0.651. The monoisotopic (exact) mass is 197 g/mol. The van der Waals surface area contributed by atoms with Crippen molar-refractivity contribution < 1.29 is 0 Å². The smallest absolute Gasteiger partial charge is 0.236 e. The van der Waals surface area contributed by atoms with Crippen LogP contribution in [-0.4, -0.2) is 19.8 Å². The summed E-state index contributed by atoms with van der Waals surface area (Å²) in [5.74, 6) is 1.27. The molecule has 0 bridgehead atoms. The lowest BCUT2D eigenvalue weighted by Gasteiger charge is -2.02. The molecule has 0 aliphatic carbocycles. The molecule has 6 heteroatoms. The Morgan fingerprint density at radius 1 is 1.54 bits per heavy atom. The third-order valence-electron chi connectivity index (χ3n) is 2.08. The van der Waals surface area contributed by atoms with E-state index in [0.29, 0.717) is 11.0 Å². The maximum absolute atomic E-state index is 5.56. The first-order valence-corrected chi connectivity index (χ1v) is 5.01. The zero-order valence-electron chi connectivity index (χ0n) is 7.56. The molecular formula is C7H11N5S. The number of nitrogens with zero attached hydrogens (tertiary/aromatic N) is 4. The molecule has 0 aliphatic heterocycles. The zero-order valence-corrected chi connectivity index (χ0v) is 8.38. The van der Waals surface area contributed by atoms with Gasteiger partial charge in [-0.15, -0.1) is 15.3 Å². The molecule has 0 radical (unpaired) electrons. The third-order valence-corrected chi connectivity index (χ3v) is 2.81. The second-order valence-corrected chi connectivity index (χ2v) is 3.99. The highest BCUT2D eigenvalue weighted by molar-refractivity contribution is 7.20. The highest BCUT2D eigenvalue weighted by Gasteiger charge is 2.14. The minimum atomic E-state index is 0.372. The molecule has 1 atom stereocenters. The van der Waals surface area contributed by atoms with Gasteiger partial charge < -0.3 is 5.73 Å². The summed E-state index contributed by atoms with van der Waals surface area (Å²) in [5.41, 5.74) is 5.56. The maximum Gasteiger partial charge on any atom is 0.236 e. The van der Waals surface area contributed by atoms with Gasteiger partial charge in [-0.2, -0.15) is 4.52 Å². The number of anilines is 1. The van der Waals surface area contributed by atoms with Crippen molar-refractivity contribution >= 4 is 21.4 Å². The van der Waals surface area contributed by atoms with Crippen molar-refractivity contribution in [1.82, 2.24) is 19.8 Å². The van der Waals surface area contributed by atoms with Gasteiger partial charge >= 0.3 is 0 Å². The molecule has 0 saturated carbocycles. The summed E-state index contributed by atoms with van der Waals surface area (Å²) in [6, 6.07) is 0. The minimum Gasteiger partial charge on any atom is -0.374 e. The summed E-state index contributed by atoms with van der Waals surface area (Å²) >= 11 is 1.36. The maximum atomic E-state index is 5.56. The molecule has 13 heavy (non-hydrogen) atoms. The van der Waals surface area contributed by atoms with Crippen LogP contribution < -0.4 is 5.73 Å². The van der Waals surface area contributed by atoms with Crippen LogP contribution in [0.4, 0.5) is 5.13 Å². The van der Waals surface area contributed by atoms with Crippen LogP contribution in [0.15, 0.2) is 0 Å². The van der Waals surface area contributed by atoms with Crippen molar-refractivity contribution in [3.05, 3.63) is 5.82 Å². The van der Waals surface area contributed by atoms with Crippen molar-refractivity contribution in [3.63, 3.8) is 0 Å². The summed E-state index contributed by atoms with van der Waals surface area (Å²) in [5, 5.41) is 12.7. The van der Waals surface area contributed by atoms with Crippen LogP contribution >= 0.6 is 11.3 Å². The van der Waals surface area contributed by atoms with E-state index in [-0.39, 0.29) is 0 Å². The van der Waals surface area contributed by atoms with E-state index in [9.17, 15) is 0 Å². The van der Waals surface area contributed by atoms with Gasteiger partial charge in [-0.1, -0.05) is 25.2 Å². The molecule has 0 amide bonds. The van der Waals surface area contributed by atoms with Crippen molar-refractivity contribution in [2.24, 2.45) is 0 Å². The predicted octanol–water partition coefficient (Wildman–Crippen LogP) is 1.28. The number of nitrogens with two attached hydrogens (primary N) is 1. The van der Waals surface area contributed by atoms with Gasteiger partial charge in [0.1, 0.15) is 0 Å². The van der Waals surface area contributed by atoms with Gasteiger partial charge in [0.2, 0.25) is 10.1 Å². The van der Waals surface area contributed by atoms with Gasteiger partial charge in [-0.3, -0.25) is 0 Å². The van der Waals surface area contributed by atoms with Gasteiger partial charge in [-0.05, 0) is 6.42 Å². The Bertz CT molecular complexity index is 417. The van der Waals surface area contributed by atoms with Crippen LogP contribution in [0.3, 0.4) is 0 Å². The van der Waals surface area contributed by atoms with E-state index in [0.717, 1.165) is 17.2 Å². The van der Waals surface area contributed by atoms with E-state index < -0.39 is 0 Å². The van der Waals surface area contributed by atoms with Crippen molar-refractivity contribution in [2.45, 2.75) is 26.2 Å². The molecular weight excluding hydrogens is 186 g/mol. The summed E-state index contributed by atoms with van der Waals surface area (Å²) in [7, 11) is 0. The van der Waals surface area contributed by atoms with Crippen LogP contribution in [0, 0.1) is 0 Å². The Morgan fingerprint density at radius 3 is 3.00 bits per heavy atom. The molecule has 2 aromatic rings. The number of fused-ring (bicyclic) bond motifs is 1. The highest BCUT2D eigenvalue weighted by Crippen LogP contribution is 2.21. The minimum absolute atomic E-state index is 0.372. The number of hydrogen-bond acceptors (Lipinski definition) is 5. The average molecular weight is 197 g/mol. The SMILES string of the molecule is CCC(C)c1nnc2sc(N)nn12. The average Bonchev–Trinajstić information content (AvgIpc) is 2.61. The Labute approximate surface area is 79.6 Å². The Balaban J connectivity index is 2.55. The fourth-order valence-electron chi connectivity index (χ4n) is 1.14. The standard InChI is InChI=1S/C7H11N5S/c1-3-4(2)5-9-10-7-12(5)11-6(8)13-7/h4H,3H2,1-2H3,(H2,8,11). The van der Waals surface area contributed by atoms with Gasteiger partial charge in [0, 0.05) is 5.92 Å². The quantitative estimate of drug-likeness (QED) is 0.787. The molecule has 0 spiro atoms. The van der Waals surface area contributed by atoms with E-state index in [1.165, 1.54) is 11.3 Å². The fourth-order valence-corrected chi connectivity index (χ4v) is 1.75. The van der Waals surface area contributed by atoms with Gasteiger partial charge in [0.15, 0.2) is 5.82 Å². The molecule has 2 aromatic heterocycles. The molecule has 2 N–H and O–H groups in total.